The highest BCUT2D eigenvalue weighted by Crippen LogP contribution is 2.26. The Kier molecular flexibility index (Phi) is 6.68. The molecule has 0 atom stereocenters. The molecule has 0 aromatic heterocycles. The lowest BCUT2D eigenvalue weighted by molar-refractivity contribution is 0.299. The second-order valence-electron chi connectivity index (χ2n) is 4.56. The summed E-state index contributed by atoms with van der Waals surface area (Å²) in [4.78, 5) is 2.23. The first-order valence-electron chi connectivity index (χ1n) is 6.46. The van der Waals surface area contributed by atoms with Crippen molar-refractivity contribution in [3.63, 3.8) is 0 Å². The Hall–Kier alpha value is -0.580. The zero-order valence-electron chi connectivity index (χ0n) is 11.4. The van der Waals surface area contributed by atoms with Gasteiger partial charge in [-0.05, 0) is 38.1 Å². The summed E-state index contributed by atoms with van der Waals surface area (Å²) < 4.78 is 1.07. The monoisotopic (exact) mass is 314 g/mol. The maximum absolute atomic E-state index is 9.21. The van der Waals surface area contributed by atoms with Crippen LogP contribution in [0.4, 0.5) is 5.69 Å². The van der Waals surface area contributed by atoms with Crippen molar-refractivity contribution in [1.82, 2.24) is 5.32 Å². The predicted octanol–water partition coefficient (Wildman–Crippen LogP) is 2.77. The van der Waals surface area contributed by atoms with Gasteiger partial charge >= 0.3 is 0 Å². The minimum atomic E-state index is 0.172. The van der Waals surface area contributed by atoms with E-state index in [1.807, 2.05) is 0 Å². The summed E-state index contributed by atoms with van der Waals surface area (Å²) in [6.45, 7) is 9.04. The lowest BCUT2D eigenvalue weighted by atomic mass is 10.1. The number of nitrogens with zero attached hydrogens (tertiary/aromatic N) is 1. The van der Waals surface area contributed by atoms with E-state index in [1.165, 1.54) is 11.3 Å². The van der Waals surface area contributed by atoms with E-state index in [4.69, 9.17) is 0 Å². The first-order valence-corrected chi connectivity index (χ1v) is 7.26. The molecule has 3 nitrogen and oxygen atoms in total. The molecule has 1 rings (SSSR count). The number of aliphatic hydroxyl groups is 1. The van der Waals surface area contributed by atoms with Gasteiger partial charge in [0.1, 0.15) is 0 Å². The van der Waals surface area contributed by atoms with Crippen LogP contribution in [0.25, 0.3) is 0 Å². The third kappa shape index (κ3) is 4.26. The second-order valence-corrected chi connectivity index (χ2v) is 5.48. The molecule has 0 saturated heterocycles. The van der Waals surface area contributed by atoms with Crippen molar-refractivity contribution in [3.8, 4) is 0 Å². The van der Waals surface area contributed by atoms with E-state index in [2.05, 4.69) is 65.1 Å². The Balaban J connectivity index is 3.04. The van der Waals surface area contributed by atoms with Gasteiger partial charge < -0.3 is 15.3 Å². The molecule has 0 radical (unpaired) electrons. The molecule has 18 heavy (non-hydrogen) atoms. The quantitative estimate of drug-likeness (QED) is 0.812. The molecule has 0 spiro atoms. The standard InChI is InChI=1S/C14H23BrN2O/c1-4-16-10-12-5-6-13(15)9-14(12)17(7-8-18)11(2)3/h5-6,9,11,16,18H,4,7-8,10H2,1-3H3. The van der Waals surface area contributed by atoms with Crippen LogP contribution in [0.15, 0.2) is 22.7 Å². The number of benzene rings is 1. The zero-order chi connectivity index (χ0) is 13.5. The minimum Gasteiger partial charge on any atom is -0.395 e. The van der Waals surface area contributed by atoms with Gasteiger partial charge in [0.2, 0.25) is 0 Å². The Morgan fingerprint density at radius 1 is 1.39 bits per heavy atom. The van der Waals surface area contributed by atoms with Gasteiger partial charge in [-0.1, -0.05) is 28.9 Å². The van der Waals surface area contributed by atoms with Crippen molar-refractivity contribution in [2.75, 3.05) is 24.6 Å². The summed E-state index contributed by atoms with van der Waals surface area (Å²) in [7, 11) is 0. The highest BCUT2D eigenvalue weighted by Gasteiger charge is 2.14. The van der Waals surface area contributed by atoms with Gasteiger partial charge in [-0.2, -0.15) is 0 Å². The number of hydrogen-bond acceptors (Lipinski definition) is 3. The fourth-order valence-corrected chi connectivity index (χ4v) is 2.33. The van der Waals surface area contributed by atoms with E-state index in [0.717, 1.165) is 17.6 Å². The molecule has 0 fully saturated rings. The van der Waals surface area contributed by atoms with Crippen LogP contribution in [0.3, 0.4) is 0 Å². The van der Waals surface area contributed by atoms with Crippen molar-refractivity contribution in [2.45, 2.75) is 33.4 Å². The largest absolute Gasteiger partial charge is 0.395 e. The van der Waals surface area contributed by atoms with Crippen molar-refractivity contribution in [3.05, 3.63) is 28.2 Å². The predicted molar refractivity (Wildman–Crippen MR) is 81.1 cm³/mol. The lowest BCUT2D eigenvalue weighted by Gasteiger charge is -2.30. The first-order chi connectivity index (χ1) is 8.60. The van der Waals surface area contributed by atoms with Gasteiger partial charge in [-0.15, -0.1) is 0 Å². The third-order valence-electron chi connectivity index (χ3n) is 2.89. The summed E-state index contributed by atoms with van der Waals surface area (Å²) in [5.74, 6) is 0. The maximum Gasteiger partial charge on any atom is 0.0606 e. The van der Waals surface area contributed by atoms with Crippen LogP contribution in [0.2, 0.25) is 0 Å². The Bertz CT molecular complexity index is 369. The van der Waals surface area contributed by atoms with Crippen molar-refractivity contribution >= 4 is 21.6 Å². The highest BCUT2D eigenvalue weighted by molar-refractivity contribution is 9.10. The molecule has 0 aliphatic heterocycles. The maximum atomic E-state index is 9.21. The topological polar surface area (TPSA) is 35.5 Å². The molecule has 0 saturated carbocycles. The summed E-state index contributed by atoms with van der Waals surface area (Å²) in [6.07, 6.45) is 0. The number of nitrogens with one attached hydrogen (secondary N) is 1. The molecule has 0 amide bonds. The molecule has 0 unspecified atom stereocenters. The van der Waals surface area contributed by atoms with Crippen LogP contribution in [0, 0.1) is 0 Å². The van der Waals surface area contributed by atoms with Gasteiger partial charge in [0.15, 0.2) is 0 Å². The first kappa shape index (κ1) is 15.5. The van der Waals surface area contributed by atoms with Crippen LogP contribution in [-0.2, 0) is 6.54 Å². The van der Waals surface area contributed by atoms with Gasteiger partial charge in [0.05, 0.1) is 6.61 Å². The number of halogens is 1. The Morgan fingerprint density at radius 2 is 2.11 bits per heavy atom. The zero-order valence-corrected chi connectivity index (χ0v) is 13.0. The van der Waals surface area contributed by atoms with Crippen LogP contribution in [-0.4, -0.2) is 30.8 Å². The SMILES string of the molecule is CCNCc1ccc(Br)cc1N(CCO)C(C)C. The van der Waals surface area contributed by atoms with E-state index in [1.54, 1.807) is 0 Å². The van der Waals surface area contributed by atoms with Crippen LogP contribution in [0.5, 0.6) is 0 Å². The average Bonchev–Trinajstić information content (AvgIpc) is 2.34. The molecule has 1 aromatic carbocycles. The smallest absolute Gasteiger partial charge is 0.0606 e. The van der Waals surface area contributed by atoms with E-state index >= 15 is 0 Å². The molecule has 102 valence electrons. The molecular formula is C14H23BrN2O. The number of hydrogen-bond donors (Lipinski definition) is 2. The molecular weight excluding hydrogens is 292 g/mol. The number of rotatable bonds is 7. The molecule has 0 aliphatic rings. The van der Waals surface area contributed by atoms with Crippen molar-refractivity contribution in [1.29, 1.82) is 0 Å². The van der Waals surface area contributed by atoms with E-state index in [9.17, 15) is 5.11 Å². The number of aliphatic hydroxyl groups excluding tert-OH is 1. The van der Waals surface area contributed by atoms with Gasteiger partial charge in [0.25, 0.3) is 0 Å². The van der Waals surface area contributed by atoms with Crippen molar-refractivity contribution < 1.29 is 5.11 Å². The minimum absolute atomic E-state index is 0.172. The van der Waals surface area contributed by atoms with Crippen LogP contribution >= 0.6 is 15.9 Å². The van der Waals surface area contributed by atoms with E-state index in [0.29, 0.717) is 12.6 Å². The molecule has 1 aromatic rings. The highest BCUT2D eigenvalue weighted by atomic mass is 79.9. The molecule has 0 bridgehead atoms. The second kappa shape index (κ2) is 7.77. The molecule has 4 heteroatoms. The third-order valence-corrected chi connectivity index (χ3v) is 3.38. The van der Waals surface area contributed by atoms with Gasteiger partial charge in [0, 0.05) is 29.3 Å². The fourth-order valence-electron chi connectivity index (χ4n) is 1.98. The number of anilines is 1. The van der Waals surface area contributed by atoms with E-state index < -0.39 is 0 Å². The average molecular weight is 315 g/mol. The Morgan fingerprint density at radius 3 is 2.67 bits per heavy atom. The van der Waals surface area contributed by atoms with Gasteiger partial charge in [-0.25, -0.2) is 0 Å². The van der Waals surface area contributed by atoms with Crippen LogP contribution in [0.1, 0.15) is 26.3 Å². The fraction of sp³-hybridized carbons (Fsp3) is 0.571. The summed E-state index contributed by atoms with van der Waals surface area (Å²) >= 11 is 3.52. The normalized spacial score (nSPS) is 11.0. The van der Waals surface area contributed by atoms with E-state index in [-0.39, 0.29) is 6.61 Å². The Labute approximate surface area is 118 Å². The summed E-state index contributed by atoms with van der Waals surface area (Å²) in [5.41, 5.74) is 2.46. The molecule has 2 N–H and O–H groups in total. The summed E-state index contributed by atoms with van der Waals surface area (Å²) in [6, 6.07) is 6.69. The van der Waals surface area contributed by atoms with Gasteiger partial charge in [-0.3, -0.25) is 0 Å². The molecule has 0 aliphatic carbocycles. The van der Waals surface area contributed by atoms with Crippen molar-refractivity contribution in [2.24, 2.45) is 0 Å². The molecule has 0 heterocycles. The summed E-state index contributed by atoms with van der Waals surface area (Å²) in [5, 5.41) is 12.6. The lowest BCUT2D eigenvalue weighted by Crippen LogP contribution is -2.34. The van der Waals surface area contributed by atoms with Crippen LogP contribution < -0.4 is 10.2 Å².